The van der Waals surface area contributed by atoms with Gasteiger partial charge >= 0.3 is 0 Å². The fraction of sp³-hybridized carbons (Fsp3) is 0.571. The molecule has 0 radical (unpaired) electrons. The van der Waals surface area contributed by atoms with Crippen molar-refractivity contribution < 1.29 is 8.78 Å². The van der Waals surface area contributed by atoms with E-state index in [0.717, 1.165) is 32.0 Å². The van der Waals surface area contributed by atoms with Crippen molar-refractivity contribution in [3.05, 3.63) is 35.4 Å². The third-order valence-corrected chi connectivity index (χ3v) is 3.19. The maximum atomic E-state index is 13.8. The van der Waals surface area contributed by atoms with Crippen LogP contribution in [0.1, 0.15) is 38.3 Å². The van der Waals surface area contributed by atoms with Gasteiger partial charge in [-0.15, -0.1) is 0 Å². The highest BCUT2D eigenvalue weighted by Crippen LogP contribution is 2.23. The molecule has 0 spiro atoms. The highest BCUT2D eigenvalue weighted by Gasteiger charge is 2.20. The van der Waals surface area contributed by atoms with E-state index in [4.69, 9.17) is 5.73 Å². The van der Waals surface area contributed by atoms with Crippen LogP contribution in [0, 0.1) is 11.6 Å². The van der Waals surface area contributed by atoms with E-state index >= 15 is 0 Å². The van der Waals surface area contributed by atoms with Crippen molar-refractivity contribution in [2.24, 2.45) is 5.73 Å². The lowest BCUT2D eigenvalue weighted by Crippen LogP contribution is -2.35. The first-order valence-corrected chi connectivity index (χ1v) is 6.53. The average Bonchev–Trinajstić information content (AvgIpc) is 2.38. The average molecular weight is 256 g/mol. The van der Waals surface area contributed by atoms with Crippen LogP contribution in [0.5, 0.6) is 0 Å². The summed E-state index contributed by atoms with van der Waals surface area (Å²) in [5, 5.41) is 0. The molecule has 2 N–H and O–H groups in total. The first-order chi connectivity index (χ1) is 8.63. The number of nitrogens with two attached hydrogens (primary N) is 1. The molecule has 0 aliphatic heterocycles. The lowest BCUT2D eigenvalue weighted by molar-refractivity contribution is 0.205. The van der Waals surface area contributed by atoms with Gasteiger partial charge in [0.2, 0.25) is 0 Å². The molecule has 1 rings (SSSR count). The zero-order valence-corrected chi connectivity index (χ0v) is 11.1. The van der Waals surface area contributed by atoms with Crippen molar-refractivity contribution in [1.29, 1.82) is 0 Å². The van der Waals surface area contributed by atoms with Gasteiger partial charge in [0, 0.05) is 18.2 Å². The smallest absolute Gasteiger partial charge is 0.128 e. The van der Waals surface area contributed by atoms with Gasteiger partial charge in [0.1, 0.15) is 11.6 Å². The molecule has 0 bridgehead atoms. The molecule has 2 nitrogen and oxygen atoms in total. The van der Waals surface area contributed by atoms with Crippen LogP contribution in [-0.4, -0.2) is 24.5 Å². The molecule has 1 aromatic carbocycles. The van der Waals surface area contributed by atoms with E-state index in [1.54, 1.807) is 0 Å². The Morgan fingerprint density at radius 1 is 1.28 bits per heavy atom. The van der Waals surface area contributed by atoms with Gasteiger partial charge in [-0.1, -0.05) is 20.3 Å². The number of rotatable bonds is 7. The van der Waals surface area contributed by atoms with Crippen LogP contribution in [-0.2, 0) is 0 Å². The van der Waals surface area contributed by atoms with Crippen molar-refractivity contribution in [2.75, 3.05) is 19.6 Å². The van der Waals surface area contributed by atoms with Crippen LogP contribution in [0.3, 0.4) is 0 Å². The summed E-state index contributed by atoms with van der Waals surface area (Å²) in [5.41, 5.74) is 6.10. The number of halogens is 2. The van der Waals surface area contributed by atoms with Crippen molar-refractivity contribution in [3.63, 3.8) is 0 Å². The minimum atomic E-state index is -0.420. The molecule has 102 valence electrons. The van der Waals surface area contributed by atoms with Crippen LogP contribution >= 0.6 is 0 Å². The Morgan fingerprint density at radius 2 is 2.00 bits per heavy atom. The first kappa shape index (κ1) is 15.1. The minimum Gasteiger partial charge on any atom is -0.329 e. The number of nitrogens with zero attached hydrogens (tertiary/aromatic N) is 1. The maximum absolute atomic E-state index is 13.8. The van der Waals surface area contributed by atoms with Gasteiger partial charge < -0.3 is 5.73 Å². The topological polar surface area (TPSA) is 29.3 Å². The lowest BCUT2D eigenvalue weighted by Gasteiger charge is -2.30. The van der Waals surface area contributed by atoms with Gasteiger partial charge in [0.05, 0.1) is 0 Å². The van der Waals surface area contributed by atoms with Crippen LogP contribution in [0.25, 0.3) is 0 Å². The molecule has 1 atom stereocenters. The molecule has 18 heavy (non-hydrogen) atoms. The number of unbranched alkanes of at least 4 members (excludes halogenated alkanes) is 1. The first-order valence-electron chi connectivity index (χ1n) is 6.53. The van der Waals surface area contributed by atoms with Gasteiger partial charge in [-0.05, 0) is 37.7 Å². The summed E-state index contributed by atoms with van der Waals surface area (Å²) >= 11 is 0. The number of hydrogen-bond donors (Lipinski definition) is 1. The molecule has 0 aliphatic carbocycles. The van der Waals surface area contributed by atoms with E-state index in [1.807, 2.05) is 6.92 Å². The van der Waals surface area contributed by atoms with E-state index in [2.05, 4.69) is 11.8 Å². The van der Waals surface area contributed by atoms with Crippen molar-refractivity contribution in [2.45, 2.75) is 32.7 Å². The Morgan fingerprint density at radius 3 is 2.56 bits per heavy atom. The molecule has 1 unspecified atom stereocenters. The van der Waals surface area contributed by atoms with E-state index in [1.165, 1.54) is 12.1 Å². The largest absolute Gasteiger partial charge is 0.329 e. The van der Waals surface area contributed by atoms with Gasteiger partial charge in [0.25, 0.3) is 0 Å². The zero-order valence-electron chi connectivity index (χ0n) is 11.1. The molecule has 1 aromatic rings. The van der Waals surface area contributed by atoms with Crippen molar-refractivity contribution in [3.8, 4) is 0 Å². The number of hydrogen-bond acceptors (Lipinski definition) is 2. The van der Waals surface area contributed by atoms with Crippen molar-refractivity contribution in [1.82, 2.24) is 4.90 Å². The van der Waals surface area contributed by atoms with Crippen LogP contribution in [0.2, 0.25) is 0 Å². The summed E-state index contributed by atoms with van der Waals surface area (Å²) in [6.07, 6.45) is 2.10. The third kappa shape index (κ3) is 3.75. The number of benzene rings is 1. The fourth-order valence-corrected chi connectivity index (χ4v) is 2.14. The fourth-order valence-electron chi connectivity index (χ4n) is 2.14. The number of likely N-dealkylation sites (N-methyl/N-ethyl adjacent to an activating group) is 1. The van der Waals surface area contributed by atoms with E-state index in [0.29, 0.717) is 5.56 Å². The predicted octanol–water partition coefficient (Wildman–Crippen LogP) is 3.09. The second-order valence-corrected chi connectivity index (χ2v) is 4.40. The summed E-state index contributed by atoms with van der Waals surface area (Å²) in [6, 6.07) is 3.30. The molecular weight excluding hydrogens is 234 g/mol. The molecule has 0 saturated heterocycles. The quantitative estimate of drug-likeness (QED) is 0.812. The van der Waals surface area contributed by atoms with Crippen LogP contribution < -0.4 is 5.73 Å². The summed E-state index contributed by atoms with van der Waals surface area (Å²) in [6.45, 7) is 6.03. The minimum absolute atomic E-state index is 0.253. The summed E-state index contributed by atoms with van der Waals surface area (Å²) < 4.78 is 27.0. The third-order valence-electron chi connectivity index (χ3n) is 3.19. The second kappa shape index (κ2) is 7.44. The molecule has 0 amide bonds. The Labute approximate surface area is 108 Å². The van der Waals surface area contributed by atoms with Gasteiger partial charge in [0.15, 0.2) is 0 Å². The molecule has 0 saturated carbocycles. The lowest BCUT2D eigenvalue weighted by atomic mass is 10.0. The normalized spacial score (nSPS) is 13.0. The maximum Gasteiger partial charge on any atom is 0.128 e. The second-order valence-electron chi connectivity index (χ2n) is 4.40. The summed E-state index contributed by atoms with van der Waals surface area (Å²) in [5.74, 6) is -0.807. The molecule has 4 heteroatoms. The Balaban J connectivity index is 2.95. The SMILES string of the molecule is CCCCN(CC)C(CN)c1cc(F)ccc1F. The molecule has 0 fully saturated rings. The monoisotopic (exact) mass is 256 g/mol. The van der Waals surface area contributed by atoms with E-state index < -0.39 is 5.82 Å². The zero-order chi connectivity index (χ0) is 13.5. The summed E-state index contributed by atoms with van der Waals surface area (Å²) in [4.78, 5) is 2.10. The molecule has 0 aromatic heterocycles. The molecular formula is C14H22F2N2. The Bertz CT molecular complexity index is 369. The van der Waals surface area contributed by atoms with E-state index in [9.17, 15) is 8.78 Å². The predicted molar refractivity (Wildman–Crippen MR) is 70.3 cm³/mol. The van der Waals surface area contributed by atoms with Crippen LogP contribution in [0.4, 0.5) is 8.78 Å². The highest BCUT2D eigenvalue weighted by molar-refractivity contribution is 5.22. The standard InChI is InChI=1S/C14H22F2N2/c1-3-5-8-18(4-2)14(10-17)12-9-11(15)6-7-13(12)16/h6-7,9,14H,3-5,8,10,17H2,1-2H3. The highest BCUT2D eigenvalue weighted by atomic mass is 19.1. The van der Waals surface area contributed by atoms with Crippen LogP contribution in [0.15, 0.2) is 18.2 Å². The van der Waals surface area contributed by atoms with Gasteiger partial charge in [-0.25, -0.2) is 8.78 Å². The Kier molecular flexibility index (Phi) is 6.22. The van der Waals surface area contributed by atoms with Gasteiger partial charge in [-0.2, -0.15) is 0 Å². The van der Waals surface area contributed by atoms with Gasteiger partial charge in [-0.3, -0.25) is 4.90 Å². The summed E-state index contributed by atoms with van der Waals surface area (Å²) in [7, 11) is 0. The van der Waals surface area contributed by atoms with Crippen molar-refractivity contribution >= 4 is 0 Å². The van der Waals surface area contributed by atoms with E-state index in [-0.39, 0.29) is 18.4 Å². The molecule has 0 aliphatic rings. The molecule has 0 heterocycles. The Hall–Kier alpha value is -1.00.